The van der Waals surface area contributed by atoms with Crippen molar-refractivity contribution in [2.24, 2.45) is 46.8 Å². The Morgan fingerprint density at radius 1 is 0.933 bits per heavy atom. The first-order chi connectivity index (χ1) is 14.3. The lowest BCUT2D eigenvalue weighted by Gasteiger charge is -2.59. The standard InChI is InChI=1S/C27H43NO2/c1-16-4-9-25-27(3,30)23-8-7-19-20-6-5-17-12-18(29)10-11-26(17,2)24(20)13-21(19)22(23)15-28(25)14-16/h5,16,18-25,29-30H,4,6-15H2,1-3H3/t16-,18+,19-,20-,21+,22-,23-,24-,25-,26-,27-/m0/s1. The van der Waals surface area contributed by atoms with Crippen LogP contribution in [-0.2, 0) is 0 Å². The molecule has 0 spiro atoms. The van der Waals surface area contributed by atoms with Crippen LogP contribution in [0.1, 0.15) is 78.6 Å². The summed E-state index contributed by atoms with van der Waals surface area (Å²) in [4.78, 5) is 2.71. The highest BCUT2D eigenvalue weighted by molar-refractivity contribution is 5.26. The van der Waals surface area contributed by atoms with Crippen molar-refractivity contribution in [2.45, 2.75) is 96.3 Å². The number of fused-ring (bicyclic) bond motifs is 8. The number of nitrogens with zero attached hydrogens (tertiary/aromatic N) is 1. The fourth-order valence-corrected chi connectivity index (χ4v) is 9.98. The topological polar surface area (TPSA) is 43.7 Å². The van der Waals surface area contributed by atoms with Gasteiger partial charge in [-0.25, -0.2) is 0 Å². The minimum atomic E-state index is -0.510. The normalized spacial score (nSPS) is 58.0. The van der Waals surface area contributed by atoms with E-state index in [1.165, 1.54) is 58.0 Å². The van der Waals surface area contributed by atoms with Crippen molar-refractivity contribution in [2.75, 3.05) is 13.1 Å². The lowest BCUT2D eigenvalue weighted by atomic mass is 9.56. The fraction of sp³-hybridized carbons (Fsp3) is 0.926. The molecule has 3 nitrogen and oxygen atoms in total. The quantitative estimate of drug-likeness (QED) is 0.569. The molecule has 0 aromatic rings. The van der Waals surface area contributed by atoms with Gasteiger partial charge in [0.1, 0.15) is 0 Å². The number of aliphatic hydroxyl groups is 2. The molecule has 5 fully saturated rings. The maximum absolute atomic E-state index is 11.8. The van der Waals surface area contributed by atoms with E-state index in [-0.39, 0.29) is 6.10 Å². The summed E-state index contributed by atoms with van der Waals surface area (Å²) in [5, 5.41) is 22.1. The van der Waals surface area contributed by atoms with Gasteiger partial charge in [-0.3, -0.25) is 4.90 Å². The highest BCUT2D eigenvalue weighted by atomic mass is 16.3. The minimum Gasteiger partial charge on any atom is -0.393 e. The van der Waals surface area contributed by atoms with Gasteiger partial charge >= 0.3 is 0 Å². The average Bonchev–Trinajstić information content (AvgIpc) is 3.09. The van der Waals surface area contributed by atoms with Crippen LogP contribution in [0.15, 0.2) is 11.6 Å². The van der Waals surface area contributed by atoms with Crippen LogP contribution in [-0.4, -0.2) is 45.9 Å². The van der Waals surface area contributed by atoms with Crippen LogP contribution in [0.4, 0.5) is 0 Å². The van der Waals surface area contributed by atoms with Crippen LogP contribution in [0.2, 0.25) is 0 Å². The predicted molar refractivity (Wildman–Crippen MR) is 120 cm³/mol. The first kappa shape index (κ1) is 20.2. The van der Waals surface area contributed by atoms with E-state index >= 15 is 0 Å². The summed E-state index contributed by atoms with van der Waals surface area (Å²) in [7, 11) is 0. The molecule has 2 N–H and O–H groups in total. The van der Waals surface area contributed by atoms with Crippen molar-refractivity contribution in [3.05, 3.63) is 11.6 Å². The number of allylic oxidation sites excluding steroid dienone is 1. The van der Waals surface area contributed by atoms with Gasteiger partial charge in [-0.15, -0.1) is 0 Å². The third-order valence-electron chi connectivity index (χ3n) is 11.5. The summed E-state index contributed by atoms with van der Waals surface area (Å²) >= 11 is 0. The maximum atomic E-state index is 11.8. The summed E-state index contributed by atoms with van der Waals surface area (Å²) < 4.78 is 0. The van der Waals surface area contributed by atoms with Gasteiger partial charge in [0.2, 0.25) is 0 Å². The Labute approximate surface area is 183 Å². The SMILES string of the molecule is C[C@H]1CC[C@@H]2N(C1)C[C@H]1[C@@H]3C[C@H]4[C@@H](CC=C5C[C@H](O)CC[C@@]54C)[C@@H]3CC[C@@H]1[C@]2(C)O. The molecule has 0 aromatic carbocycles. The zero-order chi connectivity index (χ0) is 20.8. The number of aliphatic hydroxyl groups excluding tert-OH is 1. The van der Waals surface area contributed by atoms with Crippen LogP contribution >= 0.6 is 0 Å². The first-order valence-corrected chi connectivity index (χ1v) is 13.1. The highest BCUT2D eigenvalue weighted by Gasteiger charge is 2.62. The van der Waals surface area contributed by atoms with Crippen LogP contribution < -0.4 is 0 Å². The molecule has 168 valence electrons. The minimum absolute atomic E-state index is 0.111. The summed E-state index contributed by atoms with van der Waals surface area (Å²) in [6, 6.07) is 0.390. The number of rotatable bonds is 0. The van der Waals surface area contributed by atoms with Gasteiger partial charge in [-0.2, -0.15) is 0 Å². The third-order valence-corrected chi connectivity index (χ3v) is 11.5. The largest absolute Gasteiger partial charge is 0.393 e. The lowest BCUT2D eigenvalue weighted by Crippen LogP contribution is -2.67. The summed E-state index contributed by atoms with van der Waals surface area (Å²) in [5.74, 6) is 5.30. The first-order valence-electron chi connectivity index (χ1n) is 13.1. The Balaban J connectivity index is 1.30. The summed E-state index contributed by atoms with van der Waals surface area (Å²) in [6.45, 7) is 9.57. The fourth-order valence-electron chi connectivity index (χ4n) is 9.98. The van der Waals surface area contributed by atoms with Gasteiger partial charge in [0.25, 0.3) is 0 Å². The van der Waals surface area contributed by atoms with Gasteiger partial charge in [-0.1, -0.05) is 25.5 Å². The molecule has 11 atom stereocenters. The van der Waals surface area contributed by atoms with Crippen molar-refractivity contribution < 1.29 is 10.2 Å². The smallest absolute Gasteiger partial charge is 0.0805 e. The Kier molecular flexibility index (Phi) is 4.60. The van der Waals surface area contributed by atoms with Gasteiger partial charge < -0.3 is 10.2 Å². The second-order valence-corrected chi connectivity index (χ2v) is 12.8. The van der Waals surface area contributed by atoms with Crippen LogP contribution in [0.3, 0.4) is 0 Å². The van der Waals surface area contributed by atoms with E-state index in [9.17, 15) is 10.2 Å². The van der Waals surface area contributed by atoms with E-state index in [4.69, 9.17) is 0 Å². The molecule has 0 unspecified atom stereocenters. The second-order valence-electron chi connectivity index (χ2n) is 12.8. The zero-order valence-corrected chi connectivity index (χ0v) is 19.4. The molecule has 2 heterocycles. The van der Waals surface area contributed by atoms with E-state index < -0.39 is 5.60 Å². The lowest BCUT2D eigenvalue weighted by molar-refractivity contribution is -0.175. The van der Waals surface area contributed by atoms with E-state index in [2.05, 4.69) is 31.7 Å². The molecular weight excluding hydrogens is 370 g/mol. The molecule has 6 rings (SSSR count). The Morgan fingerprint density at radius 3 is 2.60 bits per heavy atom. The van der Waals surface area contributed by atoms with Crippen LogP contribution in [0.5, 0.6) is 0 Å². The maximum Gasteiger partial charge on any atom is 0.0805 e. The molecule has 6 aliphatic rings. The van der Waals surface area contributed by atoms with E-state index in [1.807, 2.05) is 0 Å². The van der Waals surface area contributed by atoms with Crippen LogP contribution in [0, 0.1) is 46.8 Å². The summed E-state index contributed by atoms with van der Waals surface area (Å²) in [5.41, 5.74) is 1.40. The van der Waals surface area contributed by atoms with Crippen LogP contribution in [0.25, 0.3) is 0 Å². The van der Waals surface area contributed by atoms with Crippen molar-refractivity contribution >= 4 is 0 Å². The van der Waals surface area contributed by atoms with E-state index in [0.717, 1.165) is 42.4 Å². The molecule has 0 radical (unpaired) electrons. The van der Waals surface area contributed by atoms with Gasteiger partial charge in [0.15, 0.2) is 0 Å². The molecular formula is C27H43NO2. The number of hydrogen-bond acceptors (Lipinski definition) is 3. The molecule has 0 bridgehead atoms. The molecule has 2 saturated heterocycles. The molecule has 4 aliphatic carbocycles. The van der Waals surface area contributed by atoms with Gasteiger partial charge in [0.05, 0.1) is 11.7 Å². The second kappa shape index (κ2) is 6.81. The number of hydrogen-bond donors (Lipinski definition) is 2. The summed E-state index contributed by atoms with van der Waals surface area (Å²) in [6.07, 6.45) is 13.2. The predicted octanol–water partition coefficient (Wildman–Crippen LogP) is 4.63. The van der Waals surface area contributed by atoms with Crippen molar-refractivity contribution in [1.29, 1.82) is 0 Å². The number of piperidine rings is 2. The molecule has 0 amide bonds. The molecule has 3 heteroatoms. The molecule has 30 heavy (non-hydrogen) atoms. The Morgan fingerprint density at radius 2 is 1.77 bits per heavy atom. The van der Waals surface area contributed by atoms with Crippen molar-refractivity contribution in [3.63, 3.8) is 0 Å². The van der Waals surface area contributed by atoms with E-state index in [1.54, 1.807) is 5.57 Å². The van der Waals surface area contributed by atoms with E-state index in [0.29, 0.717) is 23.3 Å². The Bertz CT molecular complexity index is 730. The average molecular weight is 414 g/mol. The van der Waals surface area contributed by atoms with Crippen molar-refractivity contribution in [3.8, 4) is 0 Å². The van der Waals surface area contributed by atoms with Gasteiger partial charge in [-0.05, 0) is 112 Å². The third kappa shape index (κ3) is 2.73. The molecule has 0 aromatic heterocycles. The highest BCUT2D eigenvalue weighted by Crippen LogP contribution is 2.66. The Hall–Kier alpha value is -0.380. The zero-order valence-electron chi connectivity index (χ0n) is 19.4. The van der Waals surface area contributed by atoms with Crippen molar-refractivity contribution in [1.82, 2.24) is 4.90 Å². The molecule has 2 aliphatic heterocycles. The monoisotopic (exact) mass is 413 g/mol. The van der Waals surface area contributed by atoms with Gasteiger partial charge in [0, 0.05) is 19.1 Å². The molecule has 3 saturated carbocycles.